The van der Waals surface area contributed by atoms with Gasteiger partial charge < -0.3 is 25.3 Å². The van der Waals surface area contributed by atoms with Gasteiger partial charge in [-0.2, -0.15) is 0 Å². The maximum absolute atomic E-state index is 12.2. The quantitative estimate of drug-likeness (QED) is 0.395. The fourth-order valence-corrected chi connectivity index (χ4v) is 3.88. The Morgan fingerprint density at radius 3 is 2.74 bits per heavy atom. The molecule has 1 aliphatic rings. The van der Waals surface area contributed by atoms with E-state index in [9.17, 15) is 9.59 Å². The SMILES string of the molecule is CN(C)C(=O)c1cc2cc(Nc3nccc(-c4cc(OC5CCC(=O)NC5)ccn4)n3)ccc2[nH]1. The number of ether oxygens (including phenoxy) is 1. The molecule has 4 heterocycles. The van der Waals surface area contributed by atoms with E-state index in [1.54, 1.807) is 38.6 Å². The third-order valence-electron chi connectivity index (χ3n) is 5.69. The number of H-pyrrole nitrogens is 1. The van der Waals surface area contributed by atoms with Crippen LogP contribution in [0.15, 0.2) is 54.9 Å². The molecule has 0 radical (unpaired) electrons. The number of piperidine rings is 1. The smallest absolute Gasteiger partial charge is 0.269 e. The number of pyridine rings is 1. The van der Waals surface area contributed by atoms with Gasteiger partial charge in [-0.25, -0.2) is 9.97 Å². The summed E-state index contributed by atoms with van der Waals surface area (Å²) in [6.07, 6.45) is 4.42. The molecule has 0 spiro atoms. The van der Waals surface area contributed by atoms with Crippen LogP contribution in [0.5, 0.6) is 5.75 Å². The Hall–Kier alpha value is -4.47. The second-order valence-corrected chi connectivity index (χ2v) is 8.53. The lowest BCUT2D eigenvalue weighted by molar-refractivity contribution is -0.123. The van der Waals surface area contributed by atoms with Crippen molar-refractivity contribution in [2.24, 2.45) is 0 Å². The van der Waals surface area contributed by atoms with Gasteiger partial charge in [-0.3, -0.25) is 14.6 Å². The van der Waals surface area contributed by atoms with Crippen molar-refractivity contribution in [1.82, 2.24) is 30.2 Å². The monoisotopic (exact) mass is 471 g/mol. The average Bonchev–Trinajstić information content (AvgIpc) is 3.29. The molecule has 2 amide bonds. The molecule has 4 aromatic rings. The van der Waals surface area contributed by atoms with E-state index in [2.05, 4.69) is 30.6 Å². The van der Waals surface area contributed by atoms with Crippen molar-refractivity contribution >= 4 is 34.4 Å². The van der Waals surface area contributed by atoms with Gasteiger partial charge in [0, 0.05) is 55.6 Å². The Morgan fingerprint density at radius 2 is 1.94 bits per heavy atom. The van der Waals surface area contributed by atoms with E-state index in [1.165, 1.54) is 4.90 Å². The van der Waals surface area contributed by atoms with E-state index in [0.29, 0.717) is 48.2 Å². The van der Waals surface area contributed by atoms with Crippen LogP contribution in [0.1, 0.15) is 23.3 Å². The van der Waals surface area contributed by atoms with E-state index in [4.69, 9.17) is 4.74 Å². The van der Waals surface area contributed by atoms with Crippen LogP contribution < -0.4 is 15.4 Å². The molecule has 1 unspecified atom stereocenters. The fraction of sp³-hybridized carbons (Fsp3) is 0.240. The number of nitrogens with one attached hydrogen (secondary N) is 3. The highest BCUT2D eigenvalue weighted by atomic mass is 16.5. The zero-order valence-electron chi connectivity index (χ0n) is 19.4. The molecule has 178 valence electrons. The largest absolute Gasteiger partial charge is 0.488 e. The molecule has 10 nitrogen and oxygen atoms in total. The van der Waals surface area contributed by atoms with Crippen molar-refractivity contribution in [2.45, 2.75) is 18.9 Å². The first-order chi connectivity index (χ1) is 16.9. The minimum absolute atomic E-state index is 0.0550. The lowest BCUT2D eigenvalue weighted by Gasteiger charge is -2.23. The third kappa shape index (κ3) is 5.06. The summed E-state index contributed by atoms with van der Waals surface area (Å²) in [5.41, 5.74) is 3.49. The number of aromatic amines is 1. The average molecular weight is 472 g/mol. The van der Waals surface area contributed by atoms with E-state index < -0.39 is 0 Å². The van der Waals surface area contributed by atoms with Crippen LogP contribution in [0.3, 0.4) is 0 Å². The standard InChI is InChI=1S/C25H25N7O3/c1-32(2)24(34)22-12-15-11-16(3-5-19(15)30-22)29-25-27-10-8-20(31-25)21-13-17(7-9-26-21)35-18-4-6-23(33)28-14-18/h3,5,7-13,18,30H,4,6,14H2,1-2H3,(H,28,33)(H,27,29,31). The third-order valence-corrected chi connectivity index (χ3v) is 5.69. The number of nitrogens with zero attached hydrogens (tertiary/aromatic N) is 4. The molecule has 5 rings (SSSR count). The molecule has 0 aliphatic carbocycles. The fourth-order valence-electron chi connectivity index (χ4n) is 3.88. The van der Waals surface area contributed by atoms with Crippen LogP contribution in [-0.2, 0) is 4.79 Å². The molecule has 3 aromatic heterocycles. The summed E-state index contributed by atoms with van der Waals surface area (Å²) >= 11 is 0. The molecule has 10 heteroatoms. The van der Waals surface area contributed by atoms with Crippen LogP contribution in [0.2, 0.25) is 0 Å². The maximum Gasteiger partial charge on any atom is 0.269 e. The summed E-state index contributed by atoms with van der Waals surface area (Å²) in [6.45, 7) is 0.494. The van der Waals surface area contributed by atoms with Crippen LogP contribution in [0, 0.1) is 0 Å². The van der Waals surface area contributed by atoms with Crippen LogP contribution >= 0.6 is 0 Å². The van der Waals surface area contributed by atoms with Crippen molar-refractivity contribution in [1.29, 1.82) is 0 Å². The number of amides is 2. The van der Waals surface area contributed by atoms with Crippen LogP contribution in [-0.4, -0.2) is 63.4 Å². The molecule has 0 saturated carbocycles. The first-order valence-corrected chi connectivity index (χ1v) is 11.3. The topological polar surface area (TPSA) is 125 Å². The molecule has 1 saturated heterocycles. The van der Waals surface area contributed by atoms with Gasteiger partial charge in [-0.1, -0.05) is 0 Å². The Labute approximate surface area is 201 Å². The number of benzene rings is 1. The molecular formula is C25H25N7O3. The summed E-state index contributed by atoms with van der Waals surface area (Å²) < 4.78 is 6.02. The summed E-state index contributed by atoms with van der Waals surface area (Å²) in [4.78, 5) is 41.6. The molecule has 1 atom stereocenters. The Kier molecular flexibility index (Phi) is 6.01. The van der Waals surface area contributed by atoms with E-state index in [1.807, 2.05) is 30.3 Å². The van der Waals surface area contributed by atoms with Crippen molar-refractivity contribution in [3.8, 4) is 17.1 Å². The molecule has 1 fully saturated rings. The van der Waals surface area contributed by atoms with Crippen LogP contribution in [0.4, 0.5) is 11.6 Å². The lowest BCUT2D eigenvalue weighted by Crippen LogP contribution is -2.40. The molecule has 3 N–H and O–H groups in total. The number of aromatic nitrogens is 4. The zero-order chi connectivity index (χ0) is 24.4. The van der Waals surface area contributed by atoms with Gasteiger partial charge >= 0.3 is 0 Å². The predicted molar refractivity (Wildman–Crippen MR) is 132 cm³/mol. The van der Waals surface area contributed by atoms with Gasteiger partial charge in [0.25, 0.3) is 5.91 Å². The highest BCUT2D eigenvalue weighted by Crippen LogP contribution is 2.25. The maximum atomic E-state index is 12.2. The van der Waals surface area contributed by atoms with Gasteiger partial charge in [0.1, 0.15) is 17.5 Å². The molecular weight excluding hydrogens is 446 g/mol. The number of carbonyl (C=O) groups excluding carboxylic acids is 2. The highest BCUT2D eigenvalue weighted by molar-refractivity contribution is 5.98. The number of anilines is 2. The summed E-state index contributed by atoms with van der Waals surface area (Å²) in [7, 11) is 3.44. The van der Waals surface area contributed by atoms with Crippen molar-refractivity contribution in [3.05, 3.63) is 60.6 Å². The second kappa shape index (κ2) is 9.41. The summed E-state index contributed by atoms with van der Waals surface area (Å²) in [5, 5.41) is 6.95. The van der Waals surface area contributed by atoms with E-state index >= 15 is 0 Å². The minimum atomic E-state index is -0.0845. The minimum Gasteiger partial charge on any atom is -0.488 e. The number of hydrogen-bond donors (Lipinski definition) is 3. The molecule has 0 bridgehead atoms. The normalized spacial score (nSPS) is 15.5. The zero-order valence-corrected chi connectivity index (χ0v) is 19.4. The van der Waals surface area contributed by atoms with E-state index in [-0.39, 0.29) is 17.9 Å². The summed E-state index contributed by atoms with van der Waals surface area (Å²) in [5.74, 6) is 1.06. The van der Waals surface area contributed by atoms with Crippen molar-refractivity contribution < 1.29 is 14.3 Å². The van der Waals surface area contributed by atoms with Crippen molar-refractivity contribution in [3.63, 3.8) is 0 Å². The number of fused-ring (bicyclic) bond motifs is 1. The van der Waals surface area contributed by atoms with E-state index in [0.717, 1.165) is 16.6 Å². The second-order valence-electron chi connectivity index (χ2n) is 8.53. The lowest BCUT2D eigenvalue weighted by atomic mass is 10.1. The number of hydrogen-bond acceptors (Lipinski definition) is 7. The first kappa shape index (κ1) is 22.3. The number of rotatable bonds is 6. The highest BCUT2D eigenvalue weighted by Gasteiger charge is 2.19. The first-order valence-electron chi connectivity index (χ1n) is 11.3. The van der Waals surface area contributed by atoms with Gasteiger partial charge in [0.2, 0.25) is 11.9 Å². The molecule has 1 aliphatic heterocycles. The molecule has 35 heavy (non-hydrogen) atoms. The number of carbonyl (C=O) groups is 2. The van der Waals surface area contributed by atoms with Gasteiger partial charge in [0.05, 0.1) is 17.9 Å². The van der Waals surface area contributed by atoms with Crippen molar-refractivity contribution in [2.75, 3.05) is 26.0 Å². The predicted octanol–water partition coefficient (Wildman–Crippen LogP) is 3.12. The molecule has 1 aromatic carbocycles. The van der Waals surface area contributed by atoms with Gasteiger partial charge in [-0.05, 0) is 42.8 Å². The van der Waals surface area contributed by atoms with Gasteiger partial charge in [0.15, 0.2) is 0 Å². The van der Waals surface area contributed by atoms with Crippen LogP contribution in [0.25, 0.3) is 22.3 Å². The summed E-state index contributed by atoms with van der Waals surface area (Å²) in [6, 6.07) is 13.0. The Balaban J connectivity index is 1.32. The Bertz CT molecular complexity index is 1390. The Morgan fingerprint density at radius 1 is 1.09 bits per heavy atom. The van der Waals surface area contributed by atoms with Gasteiger partial charge in [-0.15, -0.1) is 0 Å².